The Hall–Kier alpha value is -1.28. The van der Waals surface area contributed by atoms with Gasteiger partial charge in [-0.05, 0) is 47.2 Å². The fourth-order valence-corrected chi connectivity index (χ4v) is 2.04. The molecule has 0 bridgehead atoms. The predicted octanol–water partition coefficient (Wildman–Crippen LogP) is 3.76. The number of carbonyl (C=O) groups excluding carboxylic acids is 1. The highest BCUT2D eigenvalue weighted by Gasteiger charge is 2.15. The van der Waals surface area contributed by atoms with Crippen LogP contribution in [0.1, 0.15) is 30.1 Å². The van der Waals surface area contributed by atoms with Crippen molar-refractivity contribution in [2.24, 2.45) is 0 Å². The highest BCUT2D eigenvalue weighted by atomic mass is 127. The first-order valence-electron chi connectivity index (χ1n) is 7.08. The van der Waals surface area contributed by atoms with E-state index in [4.69, 9.17) is 18.9 Å². The second kappa shape index (κ2) is 11.3. The summed E-state index contributed by atoms with van der Waals surface area (Å²) in [5.41, 5.74) is 0.379. The van der Waals surface area contributed by atoms with Gasteiger partial charge in [0.05, 0.1) is 12.9 Å². The van der Waals surface area contributed by atoms with Crippen molar-refractivity contribution < 1.29 is 23.7 Å². The molecule has 0 aliphatic heterocycles. The van der Waals surface area contributed by atoms with Crippen LogP contribution in [0.15, 0.2) is 31.0 Å². The molecule has 22 heavy (non-hydrogen) atoms. The van der Waals surface area contributed by atoms with E-state index in [1.54, 1.807) is 12.1 Å². The molecule has 0 fully saturated rings. The minimum Gasteiger partial charge on any atom is -0.498 e. The first-order valence-corrected chi connectivity index (χ1v) is 8.16. The number of carbonyl (C=O) groups is 1. The maximum atomic E-state index is 12.1. The van der Waals surface area contributed by atoms with E-state index < -0.39 is 5.97 Å². The fourth-order valence-electron chi connectivity index (χ4n) is 1.55. The third-order valence-corrected chi connectivity index (χ3v) is 3.32. The molecular formula is C16H21IO5. The summed E-state index contributed by atoms with van der Waals surface area (Å²) in [7, 11) is 0. The third kappa shape index (κ3) is 7.13. The van der Waals surface area contributed by atoms with Crippen molar-refractivity contribution in [1.29, 1.82) is 0 Å². The van der Waals surface area contributed by atoms with Gasteiger partial charge in [0, 0.05) is 3.57 Å². The van der Waals surface area contributed by atoms with Gasteiger partial charge in [-0.25, -0.2) is 4.79 Å². The molecule has 0 heterocycles. The second-order valence-electron chi connectivity index (χ2n) is 4.34. The summed E-state index contributed by atoms with van der Waals surface area (Å²) in [6, 6.07) is 5.32. The van der Waals surface area contributed by atoms with Gasteiger partial charge in [0.25, 0.3) is 0 Å². The Labute approximate surface area is 144 Å². The Bertz CT molecular complexity index is 476. The molecule has 0 spiro atoms. The first kappa shape index (κ1) is 18.8. The topological polar surface area (TPSA) is 54.0 Å². The van der Waals surface area contributed by atoms with Crippen LogP contribution in [0.2, 0.25) is 0 Å². The van der Waals surface area contributed by atoms with E-state index in [9.17, 15) is 4.79 Å². The van der Waals surface area contributed by atoms with Crippen LogP contribution in [0.25, 0.3) is 0 Å². The number of rotatable bonds is 11. The van der Waals surface area contributed by atoms with Crippen LogP contribution in [0.3, 0.4) is 0 Å². The highest BCUT2D eigenvalue weighted by molar-refractivity contribution is 14.1. The molecule has 122 valence electrons. The lowest BCUT2D eigenvalue weighted by Gasteiger charge is -2.12. The third-order valence-electron chi connectivity index (χ3n) is 2.65. The summed E-state index contributed by atoms with van der Waals surface area (Å²) >= 11 is 2.13. The number of ether oxygens (including phenoxy) is 4. The summed E-state index contributed by atoms with van der Waals surface area (Å²) in [6.07, 6.45) is 3.33. The zero-order valence-corrected chi connectivity index (χ0v) is 14.8. The normalized spacial score (nSPS) is 10.1. The lowest BCUT2D eigenvalue weighted by molar-refractivity contribution is -0.0322. The molecular weight excluding hydrogens is 399 g/mol. The number of hydrogen-bond donors (Lipinski definition) is 0. The van der Waals surface area contributed by atoms with Crippen LogP contribution in [-0.2, 0) is 14.2 Å². The molecule has 0 saturated heterocycles. The van der Waals surface area contributed by atoms with E-state index >= 15 is 0 Å². The van der Waals surface area contributed by atoms with Crippen LogP contribution in [0.4, 0.5) is 0 Å². The average Bonchev–Trinajstić information content (AvgIpc) is 2.52. The van der Waals surface area contributed by atoms with E-state index in [1.165, 1.54) is 6.26 Å². The number of esters is 1. The Kier molecular flexibility index (Phi) is 9.65. The lowest BCUT2D eigenvalue weighted by atomic mass is 10.2. The largest absolute Gasteiger partial charge is 0.498 e. The average molecular weight is 420 g/mol. The van der Waals surface area contributed by atoms with Gasteiger partial charge in [0.1, 0.15) is 24.5 Å². The molecule has 6 heteroatoms. The SMILES string of the molecule is C=COCCOc1ccc(I)cc1C(=O)OCOCCCC. The second-order valence-corrected chi connectivity index (χ2v) is 5.58. The van der Waals surface area contributed by atoms with Crippen LogP contribution < -0.4 is 4.74 Å². The quantitative estimate of drug-likeness (QED) is 0.179. The van der Waals surface area contributed by atoms with Gasteiger partial charge in [-0.15, -0.1) is 0 Å². The standard InChI is InChI=1S/C16H21IO5/c1-3-5-8-20-12-22-16(18)14-11-13(17)6-7-15(14)21-10-9-19-4-2/h4,6-7,11H,2-3,5,8-10,12H2,1H3. The summed E-state index contributed by atoms with van der Waals surface area (Å²) in [4.78, 5) is 12.1. The summed E-state index contributed by atoms with van der Waals surface area (Å²) in [5.74, 6) is 0.00119. The van der Waals surface area contributed by atoms with Gasteiger partial charge >= 0.3 is 5.97 Å². The van der Waals surface area contributed by atoms with Crippen LogP contribution >= 0.6 is 22.6 Å². The molecule has 5 nitrogen and oxygen atoms in total. The van der Waals surface area contributed by atoms with Gasteiger partial charge in [-0.2, -0.15) is 0 Å². The molecule has 0 aromatic heterocycles. The van der Waals surface area contributed by atoms with Crippen molar-refractivity contribution in [2.45, 2.75) is 19.8 Å². The molecule has 0 radical (unpaired) electrons. The van der Waals surface area contributed by atoms with E-state index in [0.29, 0.717) is 31.1 Å². The van der Waals surface area contributed by atoms with Gasteiger partial charge in [0.2, 0.25) is 0 Å². The molecule has 1 rings (SSSR count). The molecule has 0 aliphatic carbocycles. The Balaban J connectivity index is 2.56. The smallest absolute Gasteiger partial charge is 0.344 e. The minimum atomic E-state index is -0.463. The van der Waals surface area contributed by atoms with E-state index in [1.807, 2.05) is 6.07 Å². The van der Waals surface area contributed by atoms with Crippen molar-refractivity contribution in [3.63, 3.8) is 0 Å². The van der Waals surface area contributed by atoms with Gasteiger partial charge in [-0.1, -0.05) is 19.9 Å². The summed E-state index contributed by atoms with van der Waals surface area (Å²) in [6.45, 7) is 6.74. The molecule has 1 aromatic carbocycles. The van der Waals surface area contributed by atoms with Crippen LogP contribution in [-0.4, -0.2) is 32.6 Å². The number of benzene rings is 1. The van der Waals surface area contributed by atoms with E-state index in [-0.39, 0.29) is 6.79 Å². The first-order chi connectivity index (χ1) is 10.7. The van der Waals surface area contributed by atoms with Crippen LogP contribution in [0, 0.1) is 3.57 Å². The maximum Gasteiger partial charge on any atom is 0.344 e. The fraction of sp³-hybridized carbons (Fsp3) is 0.438. The van der Waals surface area contributed by atoms with Crippen molar-refractivity contribution in [1.82, 2.24) is 0 Å². The molecule has 0 unspecified atom stereocenters. The number of halogens is 1. The van der Waals surface area contributed by atoms with Crippen molar-refractivity contribution in [3.05, 3.63) is 40.2 Å². The zero-order valence-electron chi connectivity index (χ0n) is 12.7. The summed E-state index contributed by atoms with van der Waals surface area (Å²) in [5, 5.41) is 0. The van der Waals surface area contributed by atoms with Crippen molar-refractivity contribution >= 4 is 28.6 Å². The predicted molar refractivity (Wildman–Crippen MR) is 91.9 cm³/mol. The van der Waals surface area contributed by atoms with Crippen LogP contribution in [0.5, 0.6) is 5.75 Å². The highest BCUT2D eigenvalue weighted by Crippen LogP contribution is 2.22. The lowest BCUT2D eigenvalue weighted by Crippen LogP contribution is -2.13. The van der Waals surface area contributed by atoms with Gasteiger partial charge in [0.15, 0.2) is 6.79 Å². The number of hydrogen-bond acceptors (Lipinski definition) is 5. The van der Waals surface area contributed by atoms with Gasteiger partial charge < -0.3 is 18.9 Å². The van der Waals surface area contributed by atoms with Gasteiger partial charge in [-0.3, -0.25) is 0 Å². The Morgan fingerprint density at radius 3 is 2.86 bits per heavy atom. The molecule has 0 atom stereocenters. The maximum absolute atomic E-state index is 12.1. The van der Waals surface area contributed by atoms with E-state index in [2.05, 4.69) is 36.1 Å². The summed E-state index contributed by atoms with van der Waals surface area (Å²) < 4.78 is 21.8. The van der Waals surface area contributed by atoms with Crippen molar-refractivity contribution in [3.8, 4) is 5.75 Å². The molecule has 0 N–H and O–H groups in total. The zero-order chi connectivity index (χ0) is 16.2. The van der Waals surface area contributed by atoms with E-state index in [0.717, 1.165) is 16.4 Å². The molecule has 0 aliphatic rings. The number of unbranched alkanes of at least 4 members (excludes halogenated alkanes) is 1. The molecule has 0 saturated carbocycles. The minimum absolute atomic E-state index is 0.0523. The molecule has 1 aromatic rings. The Morgan fingerprint density at radius 2 is 2.14 bits per heavy atom. The molecule has 0 amide bonds. The van der Waals surface area contributed by atoms with Crippen molar-refractivity contribution in [2.75, 3.05) is 26.6 Å². The Morgan fingerprint density at radius 1 is 1.32 bits per heavy atom. The monoisotopic (exact) mass is 420 g/mol.